The number of hydrogen-bond acceptors (Lipinski definition) is 6. The molecule has 3 aromatic rings. The van der Waals surface area contributed by atoms with Crippen LogP contribution in [0.3, 0.4) is 0 Å². The molecule has 9 heteroatoms. The van der Waals surface area contributed by atoms with Gasteiger partial charge < -0.3 is 18.8 Å². The van der Waals surface area contributed by atoms with Crippen molar-refractivity contribution >= 4 is 15.9 Å². The fraction of sp³-hybridized carbons (Fsp3) is 0.433. The largest absolute Gasteiger partial charge is 0.493 e. The molecule has 1 amide bonds. The normalized spacial score (nSPS) is 12.0. The third-order valence-electron chi connectivity index (χ3n) is 6.58. The van der Waals surface area contributed by atoms with Gasteiger partial charge in [-0.25, -0.2) is 8.42 Å². The van der Waals surface area contributed by atoms with Gasteiger partial charge in [0.1, 0.15) is 5.76 Å². The molecule has 8 nitrogen and oxygen atoms in total. The van der Waals surface area contributed by atoms with Crippen molar-refractivity contribution < 1.29 is 27.1 Å². The standard InChI is InChI=1S/C30H40N2O6S/c1-21-16-22(2)29(23(3)17-21)39(34,35)32(30(4,5)6)20-28(33)31(19-25-10-9-15-38-25)14-13-24-11-12-26(36-7)27(18-24)37-8/h9-12,15-18H,13-14,19-20H2,1-8H3. The van der Waals surface area contributed by atoms with Crippen LogP contribution in [0, 0.1) is 20.8 Å². The first-order chi connectivity index (χ1) is 18.3. The Morgan fingerprint density at radius 1 is 0.949 bits per heavy atom. The van der Waals surface area contributed by atoms with E-state index in [1.165, 1.54) is 4.31 Å². The highest BCUT2D eigenvalue weighted by Crippen LogP contribution is 2.31. The quantitative estimate of drug-likeness (QED) is 0.319. The highest BCUT2D eigenvalue weighted by atomic mass is 32.2. The van der Waals surface area contributed by atoms with Gasteiger partial charge in [-0.3, -0.25) is 4.79 Å². The number of furan rings is 1. The van der Waals surface area contributed by atoms with E-state index >= 15 is 0 Å². The number of nitrogens with zero attached hydrogens (tertiary/aromatic N) is 2. The molecule has 0 unspecified atom stereocenters. The number of benzene rings is 2. The molecule has 0 fully saturated rings. The van der Waals surface area contributed by atoms with Crippen LogP contribution in [0.5, 0.6) is 11.5 Å². The summed E-state index contributed by atoms with van der Waals surface area (Å²) in [5.41, 5.74) is 2.43. The van der Waals surface area contributed by atoms with E-state index in [0.29, 0.717) is 41.4 Å². The fourth-order valence-electron chi connectivity index (χ4n) is 4.77. The first-order valence-electron chi connectivity index (χ1n) is 12.9. The maximum atomic E-state index is 14.0. The molecule has 0 saturated carbocycles. The molecule has 2 aromatic carbocycles. The molecule has 1 aromatic heterocycles. The topological polar surface area (TPSA) is 89.3 Å². The third kappa shape index (κ3) is 7.22. The van der Waals surface area contributed by atoms with Crippen molar-refractivity contribution in [1.29, 1.82) is 0 Å². The van der Waals surface area contributed by atoms with Gasteiger partial charge in [-0.2, -0.15) is 4.31 Å². The molecule has 0 saturated heterocycles. The predicted octanol–water partition coefficient (Wildman–Crippen LogP) is 5.28. The minimum atomic E-state index is -3.98. The van der Waals surface area contributed by atoms with Crippen LogP contribution in [0.1, 0.15) is 48.8 Å². The van der Waals surface area contributed by atoms with E-state index in [4.69, 9.17) is 13.9 Å². The molecular weight excluding hydrogens is 516 g/mol. The summed E-state index contributed by atoms with van der Waals surface area (Å²) in [6.07, 6.45) is 2.09. The van der Waals surface area contributed by atoms with Crippen molar-refractivity contribution in [2.24, 2.45) is 0 Å². The van der Waals surface area contributed by atoms with Crippen LogP contribution in [-0.2, 0) is 27.8 Å². The van der Waals surface area contributed by atoms with Crippen LogP contribution in [0.4, 0.5) is 0 Å². The molecule has 0 bridgehead atoms. The lowest BCUT2D eigenvalue weighted by Crippen LogP contribution is -2.51. The van der Waals surface area contributed by atoms with E-state index in [-0.39, 0.29) is 23.9 Å². The number of sulfonamides is 1. The minimum Gasteiger partial charge on any atom is -0.493 e. The highest BCUT2D eigenvalue weighted by molar-refractivity contribution is 7.89. The average molecular weight is 557 g/mol. The summed E-state index contributed by atoms with van der Waals surface area (Å²) in [7, 11) is -0.823. The van der Waals surface area contributed by atoms with E-state index in [1.54, 1.807) is 72.1 Å². The zero-order valence-electron chi connectivity index (χ0n) is 24.2. The Bertz CT molecular complexity index is 1370. The van der Waals surface area contributed by atoms with Crippen LogP contribution >= 0.6 is 0 Å². The van der Waals surface area contributed by atoms with Gasteiger partial charge in [0.15, 0.2) is 11.5 Å². The van der Waals surface area contributed by atoms with Gasteiger partial charge in [0, 0.05) is 12.1 Å². The molecule has 3 rings (SSSR count). The average Bonchev–Trinajstić information content (AvgIpc) is 3.36. The summed E-state index contributed by atoms with van der Waals surface area (Å²) in [5, 5.41) is 0. The van der Waals surface area contributed by atoms with Crippen molar-refractivity contribution in [2.45, 2.75) is 64.9 Å². The summed E-state index contributed by atoms with van der Waals surface area (Å²) in [6, 6.07) is 12.9. The number of aryl methyl sites for hydroxylation is 3. The molecule has 0 spiro atoms. The van der Waals surface area contributed by atoms with E-state index in [2.05, 4.69) is 0 Å². The number of hydrogen-bond donors (Lipinski definition) is 0. The molecule has 0 aliphatic heterocycles. The van der Waals surface area contributed by atoms with Gasteiger partial charge in [-0.05, 0) is 88.9 Å². The maximum absolute atomic E-state index is 14.0. The van der Waals surface area contributed by atoms with Gasteiger partial charge in [0.25, 0.3) is 0 Å². The van der Waals surface area contributed by atoms with Crippen LogP contribution in [0.25, 0.3) is 0 Å². The zero-order valence-corrected chi connectivity index (χ0v) is 25.0. The van der Waals surface area contributed by atoms with Crippen LogP contribution in [0.15, 0.2) is 58.0 Å². The molecule has 0 aliphatic carbocycles. The monoisotopic (exact) mass is 556 g/mol. The van der Waals surface area contributed by atoms with Crippen molar-refractivity contribution in [2.75, 3.05) is 27.3 Å². The number of amides is 1. The van der Waals surface area contributed by atoms with E-state index in [0.717, 1.165) is 11.1 Å². The van der Waals surface area contributed by atoms with Gasteiger partial charge in [0.05, 0.1) is 38.5 Å². The van der Waals surface area contributed by atoms with Gasteiger partial charge in [0.2, 0.25) is 15.9 Å². The second kappa shape index (κ2) is 12.3. The Labute approximate surface area is 232 Å². The molecule has 212 valence electrons. The van der Waals surface area contributed by atoms with E-state index < -0.39 is 15.6 Å². The van der Waals surface area contributed by atoms with Crippen molar-refractivity contribution in [3.63, 3.8) is 0 Å². The van der Waals surface area contributed by atoms with Gasteiger partial charge in [-0.1, -0.05) is 23.8 Å². The third-order valence-corrected chi connectivity index (χ3v) is 8.99. The summed E-state index contributed by atoms with van der Waals surface area (Å²) in [6.45, 7) is 11.2. The summed E-state index contributed by atoms with van der Waals surface area (Å²) < 4.78 is 45.6. The van der Waals surface area contributed by atoms with Crippen molar-refractivity contribution in [3.8, 4) is 11.5 Å². The second-order valence-electron chi connectivity index (χ2n) is 10.7. The Balaban J connectivity index is 1.92. The summed E-state index contributed by atoms with van der Waals surface area (Å²) >= 11 is 0. The number of ether oxygens (including phenoxy) is 2. The zero-order chi connectivity index (χ0) is 29.0. The summed E-state index contributed by atoms with van der Waals surface area (Å²) in [4.78, 5) is 15.7. The highest BCUT2D eigenvalue weighted by Gasteiger charge is 2.38. The van der Waals surface area contributed by atoms with Crippen molar-refractivity contribution in [1.82, 2.24) is 9.21 Å². The fourth-order valence-corrected chi connectivity index (χ4v) is 6.93. The number of carbonyl (C=O) groups is 1. The Morgan fingerprint density at radius 2 is 1.59 bits per heavy atom. The smallest absolute Gasteiger partial charge is 0.244 e. The lowest BCUT2D eigenvalue weighted by molar-refractivity contribution is -0.133. The molecule has 1 heterocycles. The van der Waals surface area contributed by atoms with E-state index in [9.17, 15) is 13.2 Å². The first-order valence-corrected chi connectivity index (χ1v) is 14.3. The lowest BCUT2D eigenvalue weighted by atomic mass is 10.1. The Hall–Kier alpha value is -3.30. The number of rotatable bonds is 11. The number of carbonyl (C=O) groups excluding carboxylic acids is 1. The minimum absolute atomic E-state index is 0.222. The Morgan fingerprint density at radius 3 is 2.13 bits per heavy atom. The first kappa shape index (κ1) is 30.2. The molecule has 0 atom stereocenters. The lowest BCUT2D eigenvalue weighted by Gasteiger charge is -2.36. The van der Waals surface area contributed by atoms with Gasteiger partial charge >= 0.3 is 0 Å². The van der Waals surface area contributed by atoms with Crippen molar-refractivity contribution in [3.05, 3.63) is 76.7 Å². The van der Waals surface area contributed by atoms with Crippen LogP contribution in [0.2, 0.25) is 0 Å². The molecule has 0 radical (unpaired) electrons. The second-order valence-corrected chi connectivity index (χ2v) is 12.5. The van der Waals surface area contributed by atoms with Crippen LogP contribution in [-0.4, -0.2) is 56.4 Å². The summed E-state index contributed by atoms with van der Waals surface area (Å²) in [5.74, 6) is 1.53. The Kier molecular flexibility index (Phi) is 9.51. The molecule has 39 heavy (non-hydrogen) atoms. The van der Waals surface area contributed by atoms with Gasteiger partial charge in [-0.15, -0.1) is 0 Å². The maximum Gasteiger partial charge on any atom is 0.244 e. The van der Waals surface area contributed by atoms with Crippen LogP contribution < -0.4 is 9.47 Å². The molecule has 0 aliphatic rings. The SMILES string of the molecule is COc1ccc(CCN(Cc2ccco2)C(=O)CN(C(C)(C)C)S(=O)(=O)c2c(C)cc(C)cc2C)cc1OC. The van der Waals surface area contributed by atoms with E-state index in [1.807, 2.05) is 37.3 Å². The number of methoxy groups -OCH3 is 2. The predicted molar refractivity (Wildman–Crippen MR) is 152 cm³/mol. The molecular formula is C30H40N2O6S. The molecule has 0 N–H and O–H groups in total.